The van der Waals surface area contributed by atoms with Gasteiger partial charge in [0.15, 0.2) is 0 Å². The predicted molar refractivity (Wildman–Crippen MR) is 202 cm³/mol. The average Bonchev–Trinajstić information content (AvgIpc) is 3.11. The Kier molecular flexibility index (Phi) is 20.2. The van der Waals surface area contributed by atoms with Crippen LogP contribution in [0.1, 0.15) is 79.1 Å². The Balaban J connectivity index is 0.000000327. The molecule has 0 aromatic heterocycles. The summed E-state index contributed by atoms with van der Waals surface area (Å²) in [7, 11) is -4.14. The second kappa shape index (κ2) is 22.9. The fourth-order valence-corrected chi connectivity index (χ4v) is 7.21. The fourth-order valence-electron chi connectivity index (χ4n) is 6.35. The number of phosphoric ester groups is 1. The van der Waals surface area contributed by atoms with E-state index in [1.165, 1.54) is 21.9 Å². The van der Waals surface area contributed by atoms with E-state index in [-0.39, 0.29) is 51.0 Å². The number of hydrogen-bond donors (Lipinski definition) is 0. The van der Waals surface area contributed by atoms with Crippen LogP contribution in [-0.2, 0) is 13.6 Å². The maximum Gasteiger partial charge on any atom is 2.00 e. The van der Waals surface area contributed by atoms with Crippen LogP contribution < -0.4 is 26.7 Å². The van der Waals surface area contributed by atoms with Crippen molar-refractivity contribution in [2.75, 3.05) is 13.2 Å². The summed E-state index contributed by atoms with van der Waals surface area (Å²) in [6.07, 6.45) is 7.16. The molecule has 0 saturated heterocycles. The van der Waals surface area contributed by atoms with Gasteiger partial charge in [-0.2, -0.15) is 21.9 Å². The zero-order valence-corrected chi connectivity index (χ0v) is 32.2. The molecule has 4 rings (SSSR count). The van der Waals surface area contributed by atoms with Crippen molar-refractivity contribution in [3.63, 3.8) is 0 Å². The van der Waals surface area contributed by atoms with Gasteiger partial charge in [0.2, 0.25) is 0 Å². The van der Waals surface area contributed by atoms with Gasteiger partial charge in [0.05, 0.1) is 13.2 Å². The Morgan fingerprint density at radius 1 is 0.553 bits per heavy atom. The third-order valence-electron chi connectivity index (χ3n) is 9.22. The zero-order chi connectivity index (χ0) is 33.1. The summed E-state index contributed by atoms with van der Waals surface area (Å²) in [5.41, 5.74) is 5.36. The van der Waals surface area contributed by atoms with Crippen LogP contribution in [0.3, 0.4) is 0 Å². The number of benzene rings is 4. The van der Waals surface area contributed by atoms with Crippen molar-refractivity contribution in [3.8, 4) is 0 Å². The van der Waals surface area contributed by atoms with Crippen molar-refractivity contribution in [1.29, 1.82) is 0 Å². The van der Waals surface area contributed by atoms with Crippen LogP contribution in [0.25, 0.3) is 0 Å². The number of unbranched alkanes of at least 4 members (excludes halogenated alkanes) is 2. The molecule has 0 radical (unpaired) electrons. The Bertz CT molecular complexity index is 1210. The number of rotatable bonds is 18. The van der Waals surface area contributed by atoms with E-state index in [4.69, 9.17) is 9.05 Å². The van der Waals surface area contributed by atoms with Crippen molar-refractivity contribution < 1.29 is 18.5 Å². The summed E-state index contributed by atoms with van der Waals surface area (Å²) in [5.74, 6) is 0.607. The topological polar surface area (TPSA) is 58.6 Å². The number of phosphoric acid groups is 1. The molecule has 4 aromatic carbocycles. The van der Waals surface area contributed by atoms with Gasteiger partial charge in [-0.15, -0.1) is 0 Å². The molecule has 2 unspecified atom stereocenters. The molecular weight excluding hydrogens is 626 g/mol. The van der Waals surface area contributed by atoms with Gasteiger partial charge < -0.3 is 13.9 Å². The number of hydrogen-bond acceptors (Lipinski definition) is 4. The fraction of sp³-hybridized carbons (Fsp3) is 0.400. The Hall–Kier alpha value is -1.69. The Labute approximate surface area is 315 Å². The quantitative estimate of drug-likeness (QED) is 0.0803. The van der Waals surface area contributed by atoms with Gasteiger partial charge in [-0.3, -0.25) is 4.57 Å². The minimum absolute atomic E-state index is 0. The summed E-state index contributed by atoms with van der Waals surface area (Å²) in [6.45, 7) is 8.91. The Morgan fingerprint density at radius 3 is 1.06 bits per heavy atom. The molecule has 0 heterocycles. The van der Waals surface area contributed by atoms with Crippen LogP contribution in [0, 0.1) is 11.8 Å². The second-order valence-electron chi connectivity index (χ2n) is 12.4. The van der Waals surface area contributed by atoms with E-state index in [2.05, 4.69) is 149 Å². The van der Waals surface area contributed by atoms with Gasteiger partial charge in [-0.05, 0) is 24.7 Å². The van der Waals surface area contributed by atoms with Crippen molar-refractivity contribution in [3.05, 3.63) is 121 Å². The first-order valence-corrected chi connectivity index (χ1v) is 18.8. The molecule has 0 amide bonds. The molecule has 0 saturated carbocycles. The maximum absolute atomic E-state index is 11.8. The molecule has 0 aliphatic carbocycles. The SMILES string of the molecule is CCCCC(CC)COP(=O)([O-])OCC(CC)CCCC.[Ca+2].c1ccc([B-](c2ccccc2)(c2ccccc2)c2ccccc2)cc1. The van der Waals surface area contributed by atoms with E-state index in [0.717, 1.165) is 51.4 Å². The minimum atomic E-state index is -4.14. The van der Waals surface area contributed by atoms with Gasteiger partial charge in [0.1, 0.15) is 6.15 Å². The van der Waals surface area contributed by atoms with Crippen LogP contribution in [0.15, 0.2) is 121 Å². The Morgan fingerprint density at radius 2 is 0.830 bits per heavy atom. The molecule has 248 valence electrons. The summed E-state index contributed by atoms with van der Waals surface area (Å²) >= 11 is 0. The summed E-state index contributed by atoms with van der Waals surface area (Å²) in [5, 5.41) is 0. The second-order valence-corrected chi connectivity index (χ2v) is 13.8. The van der Waals surface area contributed by atoms with Crippen molar-refractivity contribution in [2.24, 2.45) is 11.8 Å². The molecule has 7 heteroatoms. The van der Waals surface area contributed by atoms with Gasteiger partial charge in [0.25, 0.3) is 7.82 Å². The van der Waals surface area contributed by atoms with Crippen molar-refractivity contribution in [1.82, 2.24) is 0 Å². The van der Waals surface area contributed by atoms with Crippen LogP contribution in [0.2, 0.25) is 0 Å². The predicted octanol–water partition coefficient (Wildman–Crippen LogP) is 7.60. The molecule has 4 nitrogen and oxygen atoms in total. The van der Waals surface area contributed by atoms with Crippen LogP contribution >= 0.6 is 7.82 Å². The average molecular weight is 681 g/mol. The van der Waals surface area contributed by atoms with Gasteiger partial charge in [0, 0.05) is 0 Å². The molecular formula is C40H54BCaO4P. The molecule has 0 bridgehead atoms. The molecule has 0 spiro atoms. The normalized spacial score (nSPS) is 13.7. The van der Waals surface area contributed by atoms with E-state index in [0.29, 0.717) is 11.8 Å². The van der Waals surface area contributed by atoms with E-state index < -0.39 is 14.0 Å². The molecule has 0 N–H and O–H groups in total. The monoisotopic (exact) mass is 680 g/mol. The van der Waals surface area contributed by atoms with Crippen molar-refractivity contribution >= 4 is 73.6 Å². The maximum atomic E-state index is 11.8. The standard InChI is InChI=1S/C24H20B.C16H35O4P.Ca/c1-5-13-21(14-6-1)25(22-15-7-2-8-16-22,23-17-9-3-10-18-23)24-19-11-4-12-20-24;1-5-9-11-15(7-3)13-19-21(17,18)20-14-16(8-4)12-10-6-2;/h1-20H;15-16H,5-14H2,1-4H3,(H,17,18);/q-1;;+2/p-1. The molecule has 2 atom stereocenters. The molecule has 0 aliphatic rings. The van der Waals surface area contributed by atoms with E-state index in [1.807, 2.05) is 0 Å². The molecule has 47 heavy (non-hydrogen) atoms. The summed E-state index contributed by atoms with van der Waals surface area (Å²) < 4.78 is 21.9. The minimum Gasteiger partial charge on any atom is -0.756 e. The first kappa shape index (κ1) is 41.5. The van der Waals surface area contributed by atoms with Crippen LogP contribution in [0.4, 0.5) is 0 Å². The first-order chi connectivity index (χ1) is 22.4. The van der Waals surface area contributed by atoms with Gasteiger partial charge in [-0.25, -0.2) is 0 Å². The van der Waals surface area contributed by atoms with E-state index in [9.17, 15) is 9.46 Å². The third kappa shape index (κ3) is 12.9. The third-order valence-corrected chi connectivity index (χ3v) is 10.2. The first-order valence-electron chi connectivity index (χ1n) is 17.4. The van der Waals surface area contributed by atoms with Gasteiger partial charge >= 0.3 is 37.7 Å². The zero-order valence-electron chi connectivity index (χ0n) is 29.1. The summed E-state index contributed by atoms with van der Waals surface area (Å²) in [4.78, 5) is 11.8. The van der Waals surface area contributed by atoms with Crippen LogP contribution in [-0.4, -0.2) is 57.1 Å². The molecule has 0 aliphatic heterocycles. The van der Waals surface area contributed by atoms with E-state index >= 15 is 0 Å². The van der Waals surface area contributed by atoms with E-state index in [1.54, 1.807) is 0 Å². The van der Waals surface area contributed by atoms with Crippen molar-refractivity contribution in [2.45, 2.75) is 79.1 Å². The molecule has 0 fully saturated rings. The van der Waals surface area contributed by atoms with Crippen LogP contribution in [0.5, 0.6) is 0 Å². The molecule has 4 aromatic rings. The summed E-state index contributed by atoms with van der Waals surface area (Å²) in [6, 6.07) is 43.5. The smallest absolute Gasteiger partial charge is 0.756 e. The van der Waals surface area contributed by atoms with Gasteiger partial charge in [-0.1, -0.05) is 188 Å². The largest absolute Gasteiger partial charge is 2.00 e.